The Labute approximate surface area is 156 Å². The van der Waals surface area contributed by atoms with Crippen LogP contribution in [0.3, 0.4) is 0 Å². The predicted octanol–water partition coefficient (Wildman–Crippen LogP) is 5.07. The first-order valence-electron chi connectivity index (χ1n) is 7.18. The Balaban J connectivity index is 2.13. The fraction of sp³-hybridized carbons (Fsp3) is 0. The number of hydrogen-bond donors (Lipinski definition) is 0. The summed E-state index contributed by atoms with van der Waals surface area (Å²) in [7, 11) is 0. The molecule has 26 heavy (non-hydrogen) atoms. The molecule has 128 valence electrons. The van der Waals surface area contributed by atoms with Crippen LogP contribution < -0.4 is 5.43 Å². The molecule has 0 aliphatic rings. The SMILES string of the molecule is N#C/C(=C\c1coc2c(Cl)cc(Cl)cc2c1=O)c1ccc([N+](=O)[O-])cc1. The molecule has 1 aromatic heterocycles. The van der Waals surface area contributed by atoms with Crippen molar-refractivity contribution >= 4 is 51.5 Å². The fourth-order valence-corrected chi connectivity index (χ4v) is 2.92. The largest absolute Gasteiger partial charge is 0.462 e. The number of hydrogen-bond acceptors (Lipinski definition) is 5. The van der Waals surface area contributed by atoms with Gasteiger partial charge in [0.25, 0.3) is 5.69 Å². The molecule has 3 rings (SSSR count). The number of fused-ring (bicyclic) bond motifs is 1. The molecule has 2 aromatic carbocycles. The van der Waals surface area contributed by atoms with Crippen molar-refractivity contribution in [2.24, 2.45) is 0 Å². The van der Waals surface area contributed by atoms with E-state index in [1.165, 1.54) is 48.7 Å². The van der Waals surface area contributed by atoms with Gasteiger partial charge in [0.1, 0.15) is 6.26 Å². The van der Waals surface area contributed by atoms with Gasteiger partial charge in [-0.15, -0.1) is 0 Å². The van der Waals surface area contributed by atoms with Gasteiger partial charge in [-0.25, -0.2) is 0 Å². The zero-order valence-corrected chi connectivity index (χ0v) is 14.4. The van der Waals surface area contributed by atoms with E-state index >= 15 is 0 Å². The molecule has 0 aliphatic carbocycles. The minimum absolute atomic E-state index is 0.0967. The van der Waals surface area contributed by atoms with Gasteiger partial charge in [-0.2, -0.15) is 5.26 Å². The van der Waals surface area contributed by atoms with E-state index in [-0.39, 0.29) is 37.8 Å². The van der Waals surface area contributed by atoms with Gasteiger partial charge in [-0.05, 0) is 35.9 Å². The molecule has 0 unspecified atom stereocenters. The topological polar surface area (TPSA) is 97.1 Å². The quantitative estimate of drug-likeness (QED) is 0.355. The van der Waals surface area contributed by atoms with Gasteiger partial charge in [0.2, 0.25) is 0 Å². The van der Waals surface area contributed by atoms with Crippen molar-refractivity contribution in [3.8, 4) is 6.07 Å². The second-order valence-corrected chi connectivity index (χ2v) is 6.10. The lowest BCUT2D eigenvalue weighted by Gasteiger charge is -2.03. The summed E-state index contributed by atoms with van der Waals surface area (Å²) < 4.78 is 5.41. The third kappa shape index (κ3) is 3.31. The molecule has 0 saturated heterocycles. The minimum atomic E-state index is -0.537. The molecule has 0 amide bonds. The van der Waals surface area contributed by atoms with Gasteiger partial charge < -0.3 is 4.42 Å². The van der Waals surface area contributed by atoms with E-state index in [1.807, 2.05) is 6.07 Å². The summed E-state index contributed by atoms with van der Waals surface area (Å²) in [5.74, 6) is 0. The second-order valence-electron chi connectivity index (χ2n) is 5.26. The molecule has 1 heterocycles. The Hall–Kier alpha value is -3.14. The van der Waals surface area contributed by atoms with Crippen LogP contribution in [-0.2, 0) is 0 Å². The smallest absolute Gasteiger partial charge is 0.269 e. The number of nitro groups is 1. The van der Waals surface area contributed by atoms with Crippen LogP contribution in [0.2, 0.25) is 10.0 Å². The van der Waals surface area contributed by atoms with Crippen LogP contribution in [-0.4, -0.2) is 4.92 Å². The summed E-state index contributed by atoms with van der Waals surface area (Å²) in [5, 5.41) is 20.8. The van der Waals surface area contributed by atoms with Gasteiger partial charge in [-0.1, -0.05) is 23.2 Å². The maximum absolute atomic E-state index is 12.6. The first-order valence-corrected chi connectivity index (χ1v) is 7.93. The molecule has 0 saturated carbocycles. The average molecular weight is 387 g/mol. The number of nitrogens with zero attached hydrogens (tertiary/aromatic N) is 2. The van der Waals surface area contributed by atoms with Crippen molar-refractivity contribution in [2.45, 2.75) is 0 Å². The standard InChI is InChI=1S/C18H8Cl2N2O4/c19-13-6-15-17(23)12(9-26-18(15)16(20)7-13)5-11(8-21)10-1-3-14(4-2-10)22(24)25/h1-7,9H/b11-5+. The van der Waals surface area contributed by atoms with Gasteiger partial charge in [0, 0.05) is 17.2 Å². The highest BCUT2D eigenvalue weighted by molar-refractivity contribution is 6.38. The van der Waals surface area contributed by atoms with Crippen molar-refractivity contribution in [3.63, 3.8) is 0 Å². The Morgan fingerprint density at radius 3 is 2.54 bits per heavy atom. The highest BCUT2D eigenvalue weighted by atomic mass is 35.5. The van der Waals surface area contributed by atoms with E-state index in [2.05, 4.69) is 0 Å². The average Bonchev–Trinajstić information content (AvgIpc) is 2.62. The van der Waals surface area contributed by atoms with Gasteiger partial charge in [0.15, 0.2) is 11.0 Å². The first-order chi connectivity index (χ1) is 12.4. The van der Waals surface area contributed by atoms with E-state index < -0.39 is 10.4 Å². The lowest BCUT2D eigenvalue weighted by Crippen LogP contribution is -2.05. The summed E-state index contributed by atoms with van der Waals surface area (Å²) in [6.07, 6.45) is 2.55. The van der Waals surface area contributed by atoms with Crippen LogP contribution >= 0.6 is 23.2 Å². The number of benzene rings is 2. The van der Waals surface area contributed by atoms with Crippen LogP contribution in [0.1, 0.15) is 11.1 Å². The van der Waals surface area contributed by atoms with Crippen LogP contribution in [0.25, 0.3) is 22.6 Å². The van der Waals surface area contributed by atoms with Crippen LogP contribution in [0.15, 0.2) is 51.9 Å². The second kappa shape index (κ2) is 7.00. The Kier molecular flexibility index (Phi) is 4.76. The summed E-state index contributed by atoms with van der Waals surface area (Å²) in [6.45, 7) is 0. The Morgan fingerprint density at radius 2 is 1.92 bits per heavy atom. The molecule has 0 spiro atoms. The Morgan fingerprint density at radius 1 is 1.23 bits per heavy atom. The number of non-ortho nitro benzene ring substituents is 1. The maximum Gasteiger partial charge on any atom is 0.269 e. The number of allylic oxidation sites excluding steroid dienone is 1. The van der Waals surface area contributed by atoms with E-state index in [0.29, 0.717) is 5.56 Å². The zero-order chi connectivity index (χ0) is 18.8. The molecule has 0 N–H and O–H groups in total. The predicted molar refractivity (Wildman–Crippen MR) is 99.1 cm³/mol. The van der Waals surface area contributed by atoms with Crippen molar-refractivity contribution in [2.75, 3.05) is 0 Å². The number of nitriles is 1. The molecule has 8 heteroatoms. The van der Waals surface area contributed by atoms with Crippen molar-refractivity contribution < 1.29 is 9.34 Å². The molecule has 0 radical (unpaired) electrons. The molecular formula is C18H8Cl2N2O4. The van der Waals surface area contributed by atoms with Crippen LogP contribution in [0.4, 0.5) is 5.69 Å². The van der Waals surface area contributed by atoms with Crippen LogP contribution in [0, 0.1) is 21.4 Å². The van der Waals surface area contributed by atoms with E-state index in [4.69, 9.17) is 27.6 Å². The highest BCUT2D eigenvalue weighted by Gasteiger charge is 2.12. The summed E-state index contributed by atoms with van der Waals surface area (Å²) in [4.78, 5) is 22.8. The minimum Gasteiger partial charge on any atom is -0.462 e. The zero-order valence-electron chi connectivity index (χ0n) is 12.9. The third-order valence-electron chi connectivity index (χ3n) is 3.63. The van der Waals surface area contributed by atoms with Crippen LogP contribution in [0.5, 0.6) is 0 Å². The van der Waals surface area contributed by atoms with Crippen molar-refractivity contribution in [3.05, 3.63) is 84.2 Å². The van der Waals surface area contributed by atoms with E-state index in [0.717, 1.165) is 0 Å². The summed E-state index contributed by atoms with van der Waals surface area (Å²) >= 11 is 11.9. The molecule has 3 aromatic rings. The first kappa shape index (κ1) is 17.7. The van der Waals surface area contributed by atoms with Gasteiger partial charge in [0.05, 0.1) is 32.5 Å². The molecule has 0 aliphatic heterocycles. The van der Waals surface area contributed by atoms with Crippen molar-refractivity contribution in [1.29, 1.82) is 5.26 Å². The monoisotopic (exact) mass is 386 g/mol. The van der Waals surface area contributed by atoms with E-state index in [9.17, 15) is 20.2 Å². The third-order valence-corrected chi connectivity index (χ3v) is 4.13. The summed E-state index contributed by atoms with van der Waals surface area (Å²) in [6, 6.07) is 10.3. The number of halogens is 2. The van der Waals surface area contributed by atoms with E-state index in [1.54, 1.807) is 0 Å². The molecular weight excluding hydrogens is 379 g/mol. The lowest BCUT2D eigenvalue weighted by molar-refractivity contribution is -0.384. The van der Waals surface area contributed by atoms with Gasteiger partial charge >= 0.3 is 0 Å². The molecule has 0 bridgehead atoms. The van der Waals surface area contributed by atoms with Crippen molar-refractivity contribution in [1.82, 2.24) is 0 Å². The number of nitro benzene ring substituents is 1. The summed E-state index contributed by atoms with van der Waals surface area (Å²) in [5.41, 5.74) is 0.421. The normalized spacial score (nSPS) is 11.3. The highest BCUT2D eigenvalue weighted by Crippen LogP contribution is 2.27. The molecule has 0 fully saturated rings. The van der Waals surface area contributed by atoms with Gasteiger partial charge in [-0.3, -0.25) is 14.9 Å². The lowest BCUT2D eigenvalue weighted by atomic mass is 10.0. The molecule has 6 nitrogen and oxygen atoms in total. The maximum atomic E-state index is 12.6. The number of rotatable bonds is 3. The Bertz CT molecular complexity index is 1160. The fourth-order valence-electron chi connectivity index (χ4n) is 2.38. The molecule has 0 atom stereocenters.